The van der Waals surface area contributed by atoms with Crippen molar-refractivity contribution in [3.63, 3.8) is 0 Å². The minimum Gasteiger partial charge on any atom is -0.491 e. The third-order valence-corrected chi connectivity index (χ3v) is 6.49. The Kier molecular flexibility index (Phi) is 7.29. The summed E-state index contributed by atoms with van der Waals surface area (Å²) in [6.07, 6.45) is -0.309. The second kappa shape index (κ2) is 10.4. The summed E-state index contributed by atoms with van der Waals surface area (Å²) in [4.78, 5) is 36.9. The highest BCUT2D eigenvalue weighted by atomic mass is 35.5. The van der Waals surface area contributed by atoms with Crippen LogP contribution < -0.4 is 14.8 Å². The summed E-state index contributed by atoms with van der Waals surface area (Å²) in [7, 11) is 0. The summed E-state index contributed by atoms with van der Waals surface area (Å²) in [5.74, 6) is 1.02. The molecule has 0 saturated carbocycles. The average molecular weight is 491 g/mol. The van der Waals surface area contributed by atoms with Gasteiger partial charge in [0.1, 0.15) is 24.7 Å². The van der Waals surface area contributed by atoms with Crippen LogP contribution in [0.1, 0.15) is 12.5 Å². The summed E-state index contributed by atoms with van der Waals surface area (Å²) >= 11 is 6.96. The van der Waals surface area contributed by atoms with E-state index in [4.69, 9.17) is 25.8 Å². The van der Waals surface area contributed by atoms with Crippen molar-refractivity contribution in [2.45, 2.75) is 30.7 Å². The van der Waals surface area contributed by atoms with E-state index >= 15 is 0 Å². The van der Waals surface area contributed by atoms with E-state index in [0.717, 1.165) is 17.3 Å². The van der Waals surface area contributed by atoms with Crippen LogP contribution >= 0.6 is 23.4 Å². The molecule has 33 heavy (non-hydrogen) atoms. The zero-order valence-electron chi connectivity index (χ0n) is 17.9. The molecule has 8 nitrogen and oxygen atoms in total. The fraction of sp³-hybridized carbons (Fsp3) is 0.348. The van der Waals surface area contributed by atoms with Crippen molar-refractivity contribution in [3.8, 4) is 11.5 Å². The van der Waals surface area contributed by atoms with Crippen LogP contribution in [0.25, 0.3) is 0 Å². The second-order valence-electron chi connectivity index (χ2n) is 7.82. The van der Waals surface area contributed by atoms with Crippen molar-refractivity contribution in [1.82, 2.24) is 10.2 Å². The van der Waals surface area contributed by atoms with Crippen molar-refractivity contribution in [1.29, 1.82) is 0 Å². The highest BCUT2D eigenvalue weighted by molar-refractivity contribution is 8.15. The van der Waals surface area contributed by atoms with E-state index in [9.17, 15) is 14.4 Å². The smallest absolute Gasteiger partial charge is 0.410 e. The largest absolute Gasteiger partial charge is 0.491 e. The molecular formula is C23H23ClN2O6S. The Morgan fingerprint density at radius 1 is 1.15 bits per heavy atom. The zero-order valence-corrected chi connectivity index (χ0v) is 19.4. The van der Waals surface area contributed by atoms with Gasteiger partial charge in [0.15, 0.2) is 6.10 Å². The van der Waals surface area contributed by atoms with Crippen LogP contribution in [0, 0.1) is 0 Å². The Balaban J connectivity index is 1.23. The minimum absolute atomic E-state index is 0.196. The number of nitrogens with one attached hydrogen (secondary N) is 1. The highest BCUT2D eigenvalue weighted by Crippen LogP contribution is 2.24. The number of rotatable bonds is 9. The number of thioether (sulfide) groups is 1. The first-order valence-corrected chi connectivity index (χ1v) is 11.7. The molecule has 0 bridgehead atoms. The number of hydrogen-bond acceptors (Lipinski definition) is 7. The van der Waals surface area contributed by atoms with Gasteiger partial charge in [-0.05, 0) is 49.2 Å². The number of hydrogen-bond donors (Lipinski definition) is 1. The molecule has 2 fully saturated rings. The van der Waals surface area contributed by atoms with Crippen LogP contribution in [-0.4, -0.2) is 59.3 Å². The fourth-order valence-electron chi connectivity index (χ4n) is 3.50. The van der Waals surface area contributed by atoms with Crippen LogP contribution in [0.5, 0.6) is 11.5 Å². The molecule has 2 unspecified atom stereocenters. The average Bonchev–Trinajstić information content (AvgIpc) is 3.32. The number of nitrogens with zero attached hydrogens (tertiary/aromatic N) is 1. The standard InChI is InChI=1S/C23H23ClN2O6S/c1-14(26-11-19(32-23(26)29)13-31-18-4-2-3-16(24)10-18)12-30-17-7-5-15(6-8-17)9-20-21(27)25-22(28)33-20/h2-8,10,14,19-20H,9,11-13H2,1H3,(H,25,27,28)/t14?,19-,20?/m1/s1. The van der Waals surface area contributed by atoms with Crippen molar-refractivity contribution in [3.05, 3.63) is 59.1 Å². The van der Waals surface area contributed by atoms with Crippen molar-refractivity contribution < 1.29 is 28.6 Å². The molecule has 2 aromatic rings. The van der Waals surface area contributed by atoms with E-state index in [1.807, 2.05) is 31.2 Å². The predicted molar refractivity (Wildman–Crippen MR) is 124 cm³/mol. The number of carbonyl (C=O) groups is 3. The van der Waals surface area contributed by atoms with Gasteiger partial charge < -0.3 is 14.2 Å². The molecule has 174 valence electrons. The van der Waals surface area contributed by atoms with Crippen LogP contribution in [0.15, 0.2) is 48.5 Å². The number of cyclic esters (lactones) is 1. The van der Waals surface area contributed by atoms with Gasteiger partial charge in [-0.3, -0.25) is 19.8 Å². The molecule has 0 spiro atoms. The van der Waals surface area contributed by atoms with Gasteiger partial charge in [-0.2, -0.15) is 0 Å². The summed E-state index contributed by atoms with van der Waals surface area (Å²) in [5.41, 5.74) is 0.934. The van der Waals surface area contributed by atoms with Crippen LogP contribution in [-0.2, 0) is 16.0 Å². The van der Waals surface area contributed by atoms with Gasteiger partial charge in [0.25, 0.3) is 5.24 Å². The molecule has 2 heterocycles. The Hall–Kier alpha value is -2.91. The van der Waals surface area contributed by atoms with Crippen LogP contribution in [0.3, 0.4) is 0 Å². The number of halogens is 1. The summed E-state index contributed by atoms with van der Waals surface area (Å²) in [6, 6.07) is 14.2. The summed E-state index contributed by atoms with van der Waals surface area (Å²) < 4.78 is 16.9. The Morgan fingerprint density at radius 2 is 1.94 bits per heavy atom. The molecular weight excluding hydrogens is 468 g/mol. The molecule has 2 aliphatic heterocycles. The van der Waals surface area contributed by atoms with Gasteiger partial charge in [-0.15, -0.1) is 0 Å². The first-order chi connectivity index (χ1) is 15.9. The maximum atomic E-state index is 12.3. The molecule has 0 radical (unpaired) electrons. The fourth-order valence-corrected chi connectivity index (χ4v) is 4.54. The number of benzene rings is 2. The van der Waals surface area contributed by atoms with Gasteiger partial charge in [-0.1, -0.05) is 41.6 Å². The van der Waals surface area contributed by atoms with E-state index in [-0.39, 0.29) is 29.9 Å². The van der Waals surface area contributed by atoms with Gasteiger partial charge in [0.05, 0.1) is 17.8 Å². The lowest BCUT2D eigenvalue weighted by molar-refractivity contribution is -0.118. The lowest BCUT2D eigenvalue weighted by Crippen LogP contribution is -2.38. The number of amides is 3. The number of carbonyl (C=O) groups excluding carboxylic acids is 3. The molecule has 10 heteroatoms. The Bertz CT molecular complexity index is 1030. The third kappa shape index (κ3) is 6.11. The molecule has 1 N–H and O–H groups in total. The molecule has 3 amide bonds. The first-order valence-electron chi connectivity index (χ1n) is 10.5. The Labute approximate surface area is 200 Å². The summed E-state index contributed by atoms with van der Waals surface area (Å²) in [5, 5.41) is 2.16. The van der Waals surface area contributed by atoms with E-state index < -0.39 is 11.3 Å². The van der Waals surface area contributed by atoms with Gasteiger partial charge in [0, 0.05) is 5.02 Å². The molecule has 2 aliphatic rings. The normalized spacial score (nSPS) is 21.0. The first kappa shape index (κ1) is 23.3. The lowest BCUT2D eigenvalue weighted by atomic mass is 10.1. The number of ether oxygens (including phenoxy) is 3. The second-order valence-corrected chi connectivity index (χ2v) is 9.43. The van der Waals surface area contributed by atoms with E-state index in [2.05, 4.69) is 5.32 Å². The van der Waals surface area contributed by atoms with E-state index in [1.165, 1.54) is 0 Å². The van der Waals surface area contributed by atoms with Gasteiger partial charge >= 0.3 is 6.09 Å². The molecule has 0 aliphatic carbocycles. The predicted octanol–water partition coefficient (Wildman–Crippen LogP) is 3.90. The maximum Gasteiger partial charge on any atom is 0.410 e. The monoisotopic (exact) mass is 490 g/mol. The lowest BCUT2D eigenvalue weighted by Gasteiger charge is -2.22. The molecule has 4 rings (SSSR count). The van der Waals surface area contributed by atoms with Crippen molar-refractivity contribution in [2.24, 2.45) is 0 Å². The number of imide groups is 1. The molecule has 3 atom stereocenters. The molecule has 0 aromatic heterocycles. The Morgan fingerprint density at radius 3 is 2.64 bits per heavy atom. The van der Waals surface area contributed by atoms with Crippen molar-refractivity contribution in [2.75, 3.05) is 19.8 Å². The molecule has 2 aromatic carbocycles. The minimum atomic E-state index is -0.402. The maximum absolute atomic E-state index is 12.3. The van der Waals surface area contributed by atoms with Gasteiger partial charge in [-0.25, -0.2) is 4.79 Å². The van der Waals surface area contributed by atoms with Crippen LogP contribution in [0.4, 0.5) is 9.59 Å². The zero-order chi connectivity index (χ0) is 23.4. The van der Waals surface area contributed by atoms with E-state index in [1.54, 1.807) is 29.2 Å². The molecule has 2 saturated heterocycles. The van der Waals surface area contributed by atoms with Crippen LogP contribution in [0.2, 0.25) is 5.02 Å². The SMILES string of the molecule is CC(COc1ccc(CC2SC(=O)NC2=O)cc1)N1C[C@H](COc2cccc(Cl)c2)OC1=O. The summed E-state index contributed by atoms with van der Waals surface area (Å²) in [6.45, 7) is 2.83. The topological polar surface area (TPSA) is 94.2 Å². The quantitative estimate of drug-likeness (QED) is 0.569. The van der Waals surface area contributed by atoms with E-state index in [0.29, 0.717) is 36.1 Å². The highest BCUT2D eigenvalue weighted by Gasteiger charge is 2.35. The van der Waals surface area contributed by atoms with Crippen molar-refractivity contribution >= 4 is 40.6 Å². The van der Waals surface area contributed by atoms with Gasteiger partial charge in [0.2, 0.25) is 5.91 Å². The third-order valence-electron chi connectivity index (χ3n) is 5.27.